The van der Waals surface area contributed by atoms with E-state index in [-0.39, 0.29) is 16.8 Å². The van der Waals surface area contributed by atoms with Crippen molar-refractivity contribution in [1.82, 2.24) is 5.43 Å². The summed E-state index contributed by atoms with van der Waals surface area (Å²) < 4.78 is 0. The molecule has 4 aromatic rings. The first kappa shape index (κ1) is 24.2. The zero-order chi connectivity index (χ0) is 24.8. The smallest absolute Gasteiger partial charge is 0.271 e. The monoisotopic (exact) mass is 501 g/mol. The van der Waals surface area contributed by atoms with Crippen molar-refractivity contribution in [1.29, 1.82) is 0 Å². The Balaban J connectivity index is 1.42. The Bertz CT molecular complexity index is 1400. The Kier molecular flexibility index (Phi) is 7.60. The third-order valence-corrected chi connectivity index (χ3v) is 5.84. The molecule has 0 saturated carbocycles. The normalized spacial score (nSPS) is 11.1. The number of carbonyl (C=O) groups excluding carboxylic acids is 2. The van der Waals surface area contributed by atoms with Crippen LogP contribution in [0.5, 0.6) is 0 Å². The van der Waals surface area contributed by atoms with Crippen molar-refractivity contribution in [3.05, 3.63) is 124 Å². The average Bonchev–Trinajstić information content (AvgIpc) is 2.87. The van der Waals surface area contributed by atoms with Gasteiger partial charge in [0.15, 0.2) is 0 Å². The Hall–Kier alpha value is -3.93. The van der Waals surface area contributed by atoms with Gasteiger partial charge in [-0.15, -0.1) is 0 Å². The summed E-state index contributed by atoms with van der Waals surface area (Å²) in [5, 5.41) is 7.76. The van der Waals surface area contributed by atoms with E-state index in [0.29, 0.717) is 27.5 Å². The average molecular weight is 502 g/mol. The minimum Gasteiger partial charge on any atom is -0.322 e. The van der Waals surface area contributed by atoms with Crippen LogP contribution >= 0.6 is 23.2 Å². The molecule has 0 heterocycles. The standard InChI is InChI=1S/C28H21Cl2N3O2/c1-18(32-33-27(34)21-12-10-20(11-13-21)19-6-3-2-4-7-19)22-8-5-9-24(16-22)31-28(35)25-15-14-23(29)17-26(25)30/h2-17H,1H3,(H,31,35)(H,33,34)/b32-18+. The molecule has 0 radical (unpaired) electrons. The van der Waals surface area contributed by atoms with Crippen LogP contribution in [0.25, 0.3) is 11.1 Å². The second-order valence-electron chi connectivity index (χ2n) is 7.74. The molecule has 4 rings (SSSR count). The Morgan fingerprint density at radius 2 is 1.43 bits per heavy atom. The van der Waals surface area contributed by atoms with Gasteiger partial charge in [0.25, 0.3) is 11.8 Å². The third-order valence-electron chi connectivity index (χ3n) is 5.29. The van der Waals surface area contributed by atoms with Gasteiger partial charge in [0.1, 0.15) is 0 Å². The number of carbonyl (C=O) groups is 2. The lowest BCUT2D eigenvalue weighted by Crippen LogP contribution is -2.19. The summed E-state index contributed by atoms with van der Waals surface area (Å²) in [6, 6.07) is 29.1. The van der Waals surface area contributed by atoms with E-state index in [4.69, 9.17) is 23.2 Å². The maximum atomic E-state index is 12.6. The van der Waals surface area contributed by atoms with Gasteiger partial charge < -0.3 is 5.32 Å². The molecule has 7 heteroatoms. The number of nitrogens with zero attached hydrogens (tertiary/aromatic N) is 1. The van der Waals surface area contributed by atoms with Crippen LogP contribution in [-0.2, 0) is 0 Å². The van der Waals surface area contributed by atoms with Crippen LogP contribution in [-0.4, -0.2) is 17.5 Å². The molecular weight excluding hydrogens is 481 g/mol. The summed E-state index contributed by atoms with van der Waals surface area (Å²) in [5.41, 5.74) is 7.41. The molecule has 0 aliphatic carbocycles. The van der Waals surface area contributed by atoms with Gasteiger partial charge in [-0.05, 0) is 66.1 Å². The molecule has 0 fully saturated rings. The predicted molar refractivity (Wildman–Crippen MR) is 142 cm³/mol. The second-order valence-corrected chi connectivity index (χ2v) is 8.58. The Morgan fingerprint density at radius 3 is 2.14 bits per heavy atom. The van der Waals surface area contributed by atoms with Crippen LogP contribution < -0.4 is 10.7 Å². The highest BCUT2D eigenvalue weighted by atomic mass is 35.5. The number of rotatable bonds is 6. The van der Waals surface area contributed by atoms with E-state index in [0.717, 1.165) is 16.7 Å². The lowest BCUT2D eigenvalue weighted by molar-refractivity contribution is 0.0954. The van der Waals surface area contributed by atoms with Crippen molar-refractivity contribution in [3.8, 4) is 11.1 Å². The van der Waals surface area contributed by atoms with Crippen LogP contribution in [0.4, 0.5) is 5.69 Å². The van der Waals surface area contributed by atoms with Crippen LogP contribution in [0.3, 0.4) is 0 Å². The Morgan fingerprint density at radius 1 is 0.714 bits per heavy atom. The molecular formula is C28H21Cl2N3O2. The van der Waals surface area contributed by atoms with Gasteiger partial charge in [-0.3, -0.25) is 9.59 Å². The number of halogens is 2. The van der Waals surface area contributed by atoms with E-state index in [1.54, 1.807) is 49.4 Å². The fourth-order valence-electron chi connectivity index (χ4n) is 3.40. The second kappa shape index (κ2) is 11.0. The first-order valence-electron chi connectivity index (χ1n) is 10.8. The van der Waals surface area contributed by atoms with E-state index in [1.165, 1.54) is 6.07 Å². The molecule has 174 valence electrons. The van der Waals surface area contributed by atoms with Gasteiger partial charge in [-0.25, -0.2) is 5.43 Å². The molecule has 0 atom stereocenters. The molecule has 2 amide bonds. The summed E-state index contributed by atoms with van der Waals surface area (Å²) >= 11 is 12.0. The zero-order valence-corrected chi connectivity index (χ0v) is 20.3. The number of hydrogen-bond donors (Lipinski definition) is 2. The molecule has 2 N–H and O–H groups in total. The summed E-state index contributed by atoms with van der Waals surface area (Å²) in [6.07, 6.45) is 0. The van der Waals surface area contributed by atoms with Crippen molar-refractivity contribution < 1.29 is 9.59 Å². The highest BCUT2D eigenvalue weighted by molar-refractivity contribution is 6.37. The highest BCUT2D eigenvalue weighted by Gasteiger charge is 2.12. The van der Waals surface area contributed by atoms with Gasteiger partial charge in [-0.1, -0.05) is 77.8 Å². The van der Waals surface area contributed by atoms with E-state index in [2.05, 4.69) is 15.8 Å². The van der Waals surface area contributed by atoms with Gasteiger partial charge in [-0.2, -0.15) is 5.10 Å². The Labute approximate surface area is 213 Å². The molecule has 4 aromatic carbocycles. The first-order chi connectivity index (χ1) is 16.9. The summed E-state index contributed by atoms with van der Waals surface area (Å²) in [4.78, 5) is 25.1. The van der Waals surface area contributed by atoms with Crippen molar-refractivity contribution in [3.63, 3.8) is 0 Å². The van der Waals surface area contributed by atoms with E-state index < -0.39 is 0 Å². The molecule has 0 bridgehead atoms. The number of anilines is 1. The molecule has 35 heavy (non-hydrogen) atoms. The van der Waals surface area contributed by atoms with Crippen molar-refractivity contribution in [2.24, 2.45) is 5.10 Å². The highest BCUT2D eigenvalue weighted by Crippen LogP contribution is 2.23. The van der Waals surface area contributed by atoms with E-state index >= 15 is 0 Å². The molecule has 0 aliphatic rings. The van der Waals surface area contributed by atoms with Crippen LogP contribution in [0.2, 0.25) is 10.0 Å². The largest absolute Gasteiger partial charge is 0.322 e. The predicted octanol–water partition coefficient (Wildman–Crippen LogP) is 7.07. The minimum atomic E-state index is -0.356. The number of hydrazone groups is 1. The molecule has 5 nitrogen and oxygen atoms in total. The summed E-state index contributed by atoms with van der Waals surface area (Å²) in [5.74, 6) is -0.670. The maximum absolute atomic E-state index is 12.6. The number of hydrogen-bond acceptors (Lipinski definition) is 3. The third kappa shape index (κ3) is 6.15. The lowest BCUT2D eigenvalue weighted by atomic mass is 10.0. The number of amides is 2. The molecule has 0 unspecified atom stereocenters. The molecule has 0 aromatic heterocycles. The minimum absolute atomic E-state index is 0.267. The van der Waals surface area contributed by atoms with E-state index in [9.17, 15) is 9.59 Å². The summed E-state index contributed by atoms with van der Waals surface area (Å²) in [6.45, 7) is 1.77. The van der Waals surface area contributed by atoms with E-state index in [1.807, 2.05) is 48.5 Å². The van der Waals surface area contributed by atoms with Crippen LogP contribution in [0.15, 0.2) is 102 Å². The molecule has 0 spiro atoms. The fraction of sp³-hybridized carbons (Fsp3) is 0.0357. The van der Waals surface area contributed by atoms with Gasteiger partial charge in [0.05, 0.1) is 16.3 Å². The summed E-state index contributed by atoms with van der Waals surface area (Å²) in [7, 11) is 0. The fourth-order valence-corrected chi connectivity index (χ4v) is 3.90. The van der Waals surface area contributed by atoms with Crippen molar-refractivity contribution >= 4 is 46.4 Å². The van der Waals surface area contributed by atoms with Gasteiger partial charge in [0.2, 0.25) is 0 Å². The number of benzene rings is 4. The quantitative estimate of drug-likeness (QED) is 0.219. The molecule has 0 saturated heterocycles. The van der Waals surface area contributed by atoms with Crippen molar-refractivity contribution in [2.75, 3.05) is 5.32 Å². The molecule has 0 aliphatic heterocycles. The lowest BCUT2D eigenvalue weighted by Gasteiger charge is -2.09. The maximum Gasteiger partial charge on any atom is 0.271 e. The topological polar surface area (TPSA) is 70.6 Å². The SMILES string of the molecule is C/C(=N\NC(=O)c1ccc(-c2ccccc2)cc1)c1cccc(NC(=O)c2ccc(Cl)cc2Cl)c1. The number of nitrogens with one attached hydrogen (secondary N) is 2. The van der Waals surface area contributed by atoms with Gasteiger partial charge in [0, 0.05) is 16.3 Å². The van der Waals surface area contributed by atoms with Crippen LogP contribution in [0, 0.1) is 0 Å². The van der Waals surface area contributed by atoms with Crippen LogP contribution in [0.1, 0.15) is 33.2 Å². The van der Waals surface area contributed by atoms with Crippen molar-refractivity contribution in [2.45, 2.75) is 6.92 Å². The van der Waals surface area contributed by atoms with Gasteiger partial charge >= 0.3 is 0 Å². The zero-order valence-electron chi connectivity index (χ0n) is 18.8. The first-order valence-corrected chi connectivity index (χ1v) is 11.5.